The van der Waals surface area contributed by atoms with Crippen LogP contribution >= 0.6 is 11.8 Å². The molecular formula is C19H26N2O3S. The molecule has 6 heteroatoms. The molecule has 136 valence electrons. The number of nitrogens with zero attached hydrogens (tertiary/aromatic N) is 1. The number of thioether (sulfide) groups is 1. The second kappa shape index (κ2) is 7.68. The van der Waals surface area contributed by atoms with Crippen molar-refractivity contribution in [3.63, 3.8) is 0 Å². The van der Waals surface area contributed by atoms with Crippen LogP contribution < -0.4 is 5.32 Å². The molecule has 3 unspecified atom stereocenters. The molecule has 3 rings (SSSR count). The zero-order valence-electron chi connectivity index (χ0n) is 15.0. The monoisotopic (exact) mass is 362 g/mol. The van der Waals surface area contributed by atoms with Crippen molar-refractivity contribution in [2.45, 2.75) is 39.2 Å². The van der Waals surface area contributed by atoms with E-state index in [2.05, 4.69) is 26.1 Å². The summed E-state index contributed by atoms with van der Waals surface area (Å²) >= 11 is 1.61. The molecule has 0 bridgehead atoms. The predicted octanol–water partition coefficient (Wildman–Crippen LogP) is 3.09. The van der Waals surface area contributed by atoms with E-state index in [1.54, 1.807) is 22.7 Å². The highest BCUT2D eigenvalue weighted by molar-refractivity contribution is 7.99. The number of carbonyl (C=O) groups is 2. The molecule has 1 aliphatic carbocycles. The SMILES string of the molecule is CC(C)CNC(=O)C1CSCN1C(=O)C=Cc1ccc(C2CC2C)o1. The summed E-state index contributed by atoms with van der Waals surface area (Å²) in [6.45, 7) is 6.94. The highest BCUT2D eigenvalue weighted by Crippen LogP contribution is 2.47. The normalized spacial score (nSPS) is 25.8. The molecule has 1 N–H and O–H groups in total. The predicted molar refractivity (Wildman–Crippen MR) is 100 cm³/mol. The van der Waals surface area contributed by atoms with Crippen LogP contribution in [0, 0.1) is 11.8 Å². The van der Waals surface area contributed by atoms with E-state index in [4.69, 9.17) is 4.42 Å². The maximum atomic E-state index is 12.5. The van der Waals surface area contributed by atoms with E-state index < -0.39 is 0 Å². The summed E-state index contributed by atoms with van der Waals surface area (Å²) in [6.07, 6.45) is 4.38. The molecule has 3 atom stereocenters. The van der Waals surface area contributed by atoms with Gasteiger partial charge >= 0.3 is 0 Å². The van der Waals surface area contributed by atoms with E-state index in [0.29, 0.717) is 41.7 Å². The highest BCUT2D eigenvalue weighted by atomic mass is 32.2. The van der Waals surface area contributed by atoms with Crippen molar-refractivity contribution in [3.05, 3.63) is 29.7 Å². The molecular weight excluding hydrogens is 336 g/mol. The van der Waals surface area contributed by atoms with Gasteiger partial charge in [0.2, 0.25) is 11.8 Å². The third-order valence-electron chi connectivity index (χ3n) is 4.67. The van der Waals surface area contributed by atoms with Crippen LogP contribution in [-0.2, 0) is 9.59 Å². The molecule has 1 saturated carbocycles. The van der Waals surface area contributed by atoms with Crippen molar-refractivity contribution < 1.29 is 14.0 Å². The van der Waals surface area contributed by atoms with Gasteiger partial charge in [0.25, 0.3) is 0 Å². The first-order valence-corrected chi connectivity index (χ1v) is 10.0. The van der Waals surface area contributed by atoms with Gasteiger partial charge < -0.3 is 14.6 Å². The lowest BCUT2D eigenvalue weighted by Crippen LogP contribution is -2.47. The second-order valence-corrected chi connectivity index (χ2v) is 8.36. The largest absolute Gasteiger partial charge is 0.461 e. The number of rotatable bonds is 6. The van der Waals surface area contributed by atoms with Gasteiger partial charge in [-0.2, -0.15) is 0 Å². The summed E-state index contributed by atoms with van der Waals surface area (Å²) in [6, 6.07) is 3.50. The van der Waals surface area contributed by atoms with Crippen molar-refractivity contribution in [1.82, 2.24) is 10.2 Å². The molecule has 1 aromatic rings. The number of amides is 2. The number of hydrogen-bond acceptors (Lipinski definition) is 4. The van der Waals surface area contributed by atoms with Crippen LogP contribution in [0.5, 0.6) is 0 Å². The van der Waals surface area contributed by atoms with Gasteiger partial charge in [0.15, 0.2) is 0 Å². The number of furan rings is 1. The summed E-state index contributed by atoms with van der Waals surface area (Å²) in [5, 5.41) is 2.92. The maximum Gasteiger partial charge on any atom is 0.248 e. The Balaban J connectivity index is 1.57. The van der Waals surface area contributed by atoms with E-state index in [-0.39, 0.29) is 17.9 Å². The van der Waals surface area contributed by atoms with Crippen LogP contribution in [0.1, 0.15) is 44.6 Å². The third-order valence-corrected chi connectivity index (χ3v) is 5.68. The lowest BCUT2D eigenvalue weighted by Gasteiger charge is -2.22. The first kappa shape index (κ1) is 18.1. The fourth-order valence-corrected chi connectivity index (χ4v) is 4.09. The Morgan fingerprint density at radius 1 is 1.44 bits per heavy atom. The fraction of sp³-hybridized carbons (Fsp3) is 0.579. The standard InChI is InChI=1S/C19H26N2O3S/c1-12(2)9-20-19(23)16-10-25-11-21(16)18(22)7-5-14-4-6-17(24-14)15-8-13(15)3/h4-7,12-13,15-16H,8-11H2,1-3H3,(H,20,23). The van der Waals surface area contributed by atoms with Crippen molar-refractivity contribution in [3.8, 4) is 0 Å². The van der Waals surface area contributed by atoms with Crippen LogP contribution in [-0.4, -0.2) is 40.9 Å². The van der Waals surface area contributed by atoms with Gasteiger partial charge in [0.05, 0.1) is 5.88 Å². The lowest BCUT2D eigenvalue weighted by molar-refractivity contribution is -0.134. The Bertz CT molecular complexity index is 667. The summed E-state index contributed by atoms with van der Waals surface area (Å²) in [5.41, 5.74) is 0. The average Bonchev–Trinajstić information content (AvgIpc) is 3.01. The zero-order chi connectivity index (χ0) is 18.0. The van der Waals surface area contributed by atoms with Crippen LogP contribution in [0.25, 0.3) is 6.08 Å². The number of nitrogens with one attached hydrogen (secondary N) is 1. The second-order valence-electron chi connectivity index (χ2n) is 7.36. The molecule has 25 heavy (non-hydrogen) atoms. The highest BCUT2D eigenvalue weighted by Gasteiger charge is 2.36. The summed E-state index contributed by atoms with van der Waals surface area (Å²) in [7, 11) is 0. The molecule has 2 aliphatic rings. The van der Waals surface area contributed by atoms with Crippen LogP contribution in [0.3, 0.4) is 0 Å². The van der Waals surface area contributed by atoms with Crippen LogP contribution in [0.15, 0.2) is 22.6 Å². The lowest BCUT2D eigenvalue weighted by atomic mass is 10.2. The van der Waals surface area contributed by atoms with Gasteiger partial charge in [0, 0.05) is 24.3 Å². The van der Waals surface area contributed by atoms with Gasteiger partial charge in [-0.05, 0) is 36.5 Å². The molecule has 1 aliphatic heterocycles. The minimum absolute atomic E-state index is 0.0662. The molecule has 1 aromatic heterocycles. The third kappa shape index (κ3) is 4.48. The van der Waals surface area contributed by atoms with Gasteiger partial charge in [0.1, 0.15) is 17.6 Å². The molecule has 2 amide bonds. The number of hydrogen-bond donors (Lipinski definition) is 1. The molecule has 2 heterocycles. The zero-order valence-corrected chi connectivity index (χ0v) is 15.8. The molecule has 0 aromatic carbocycles. The van der Waals surface area contributed by atoms with E-state index in [1.807, 2.05) is 12.1 Å². The quantitative estimate of drug-likeness (QED) is 0.790. The Labute approximate surface area is 153 Å². The van der Waals surface area contributed by atoms with Gasteiger partial charge in [-0.3, -0.25) is 9.59 Å². The Morgan fingerprint density at radius 2 is 2.20 bits per heavy atom. The molecule has 2 fully saturated rings. The Hall–Kier alpha value is -1.69. The first-order valence-electron chi connectivity index (χ1n) is 8.89. The van der Waals surface area contributed by atoms with Gasteiger partial charge in [-0.15, -0.1) is 11.8 Å². The van der Waals surface area contributed by atoms with E-state index in [9.17, 15) is 9.59 Å². The van der Waals surface area contributed by atoms with Crippen molar-refractivity contribution in [2.24, 2.45) is 11.8 Å². The molecule has 0 spiro atoms. The minimum atomic E-state index is -0.389. The Morgan fingerprint density at radius 3 is 2.88 bits per heavy atom. The number of carbonyl (C=O) groups excluding carboxylic acids is 2. The van der Waals surface area contributed by atoms with Gasteiger partial charge in [-0.1, -0.05) is 20.8 Å². The van der Waals surface area contributed by atoms with Crippen molar-refractivity contribution in [1.29, 1.82) is 0 Å². The maximum absolute atomic E-state index is 12.5. The fourth-order valence-electron chi connectivity index (χ4n) is 2.92. The van der Waals surface area contributed by atoms with Crippen molar-refractivity contribution >= 4 is 29.7 Å². The smallest absolute Gasteiger partial charge is 0.248 e. The topological polar surface area (TPSA) is 62.6 Å². The molecule has 0 radical (unpaired) electrons. The molecule has 1 saturated heterocycles. The summed E-state index contributed by atoms with van der Waals surface area (Å²) in [4.78, 5) is 26.4. The van der Waals surface area contributed by atoms with Crippen LogP contribution in [0.4, 0.5) is 0 Å². The van der Waals surface area contributed by atoms with Gasteiger partial charge in [-0.25, -0.2) is 0 Å². The molecule has 5 nitrogen and oxygen atoms in total. The first-order chi connectivity index (χ1) is 12.0. The Kier molecular flexibility index (Phi) is 5.57. The summed E-state index contributed by atoms with van der Waals surface area (Å²) < 4.78 is 5.79. The average molecular weight is 362 g/mol. The van der Waals surface area contributed by atoms with Crippen molar-refractivity contribution in [2.75, 3.05) is 18.2 Å². The van der Waals surface area contributed by atoms with E-state index in [0.717, 1.165) is 5.76 Å². The van der Waals surface area contributed by atoms with E-state index >= 15 is 0 Å². The summed E-state index contributed by atoms with van der Waals surface area (Å²) in [5.74, 6) is 4.29. The van der Waals surface area contributed by atoms with Crippen LogP contribution in [0.2, 0.25) is 0 Å². The minimum Gasteiger partial charge on any atom is -0.461 e. The van der Waals surface area contributed by atoms with E-state index in [1.165, 1.54) is 12.5 Å².